The number of hydrogen-bond donors (Lipinski definition) is 0. The summed E-state index contributed by atoms with van der Waals surface area (Å²) in [7, 11) is 1.65. The Kier molecular flexibility index (Phi) is 5.72. The zero-order valence-corrected chi connectivity index (χ0v) is 11.4. The van der Waals surface area contributed by atoms with Crippen molar-refractivity contribution in [3.8, 4) is 11.5 Å². The summed E-state index contributed by atoms with van der Waals surface area (Å²) in [5.41, 5.74) is 0. The summed E-state index contributed by atoms with van der Waals surface area (Å²) in [4.78, 5) is 2.36. The number of methoxy groups -OCH3 is 1. The molecule has 1 aliphatic heterocycles. The number of ether oxygens (including phenoxy) is 3. The highest BCUT2D eigenvalue weighted by Gasteiger charge is 2.07. The molecule has 0 aromatic heterocycles. The monoisotopic (exact) mass is 263 g/mol. The summed E-state index contributed by atoms with van der Waals surface area (Å²) in [6, 6.07) is 7.68. The smallest absolute Gasteiger partial charge is 0.161 e. The Morgan fingerprint density at radius 2 is 1.89 bits per heavy atom. The number of nitrogens with zero attached hydrogens (tertiary/aromatic N) is 1. The second-order valence-electron chi connectivity index (χ2n) is 4.35. The normalized spacial score (nSPS) is 16.7. The van der Waals surface area contributed by atoms with Crippen molar-refractivity contribution in [2.24, 2.45) is 0 Å². The summed E-state index contributed by atoms with van der Waals surface area (Å²) in [5.74, 6) is 1.55. The van der Waals surface area contributed by atoms with Gasteiger partial charge in [0.25, 0.3) is 0 Å². The molecule has 1 aromatic rings. The van der Waals surface area contributed by atoms with Crippen LogP contribution in [0.4, 0.5) is 0 Å². The average Bonchev–Trinajstić information content (AvgIpc) is 2.48. The molecular formula is C15H21NO3. The van der Waals surface area contributed by atoms with Crippen molar-refractivity contribution in [3.05, 3.63) is 36.4 Å². The first kappa shape index (κ1) is 13.9. The molecule has 1 saturated heterocycles. The minimum absolute atomic E-state index is 0.560. The fourth-order valence-electron chi connectivity index (χ4n) is 1.95. The van der Waals surface area contributed by atoms with Crippen LogP contribution < -0.4 is 9.47 Å². The van der Waals surface area contributed by atoms with Gasteiger partial charge in [0.05, 0.1) is 20.3 Å². The first-order valence-electron chi connectivity index (χ1n) is 6.61. The minimum atomic E-state index is 0.560. The number of para-hydroxylation sites is 2. The first-order valence-corrected chi connectivity index (χ1v) is 6.61. The van der Waals surface area contributed by atoms with E-state index in [1.807, 2.05) is 30.3 Å². The Balaban J connectivity index is 1.70. The van der Waals surface area contributed by atoms with E-state index in [1.54, 1.807) is 7.11 Å². The number of rotatable bonds is 6. The highest BCUT2D eigenvalue weighted by atomic mass is 16.5. The van der Waals surface area contributed by atoms with E-state index >= 15 is 0 Å². The molecule has 0 bridgehead atoms. The van der Waals surface area contributed by atoms with E-state index in [0.29, 0.717) is 6.61 Å². The molecule has 1 aromatic carbocycles. The molecule has 2 rings (SSSR count). The highest BCUT2D eigenvalue weighted by Crippen LogP contribution is 2.25. The van der Waals surface area contributed by atoms with Gasteiger partial charge in [-0.15, -0.1) is 0 Å². The van der Waals surface area contributed by atoms with E-state index in [-0.39, 0.29) is 0 Å². The van der Waals surface area contributed by atoms with Gasteiger partial charge >= 0.3 is 0 Å². The third-order valence-electron chi connectivity index (χ3n) is 3.04. The maximum Gasteiger partial charge on any atom is 0.161 e. The quantitative estimate of drug-likeness (QED) is 0.734. The summed E-state index contributed by atoms with van der Waals surface area (Å²) >= 11 is 0. The summed E-state index contributed by atoms with van der Waals surface area (Å²) in [5, 5.41) is 0. The van der Waals surface area contributed by atoms with Crippen LogP contribution >= 0.6 is 0 Å². The third-order valence-corrected chi connectivity index (χ3v) is 3.04. The van der Waals surface area contributed by atoms with Crippen LogP contribution in [0, 0.1) is 0 Å². The minimum Gasteiger partial charge on any atom is -0.493 e. The molecule has 19 heavy (non-hydrogen) atoms. The predicted molar refractivity (Wildman–Crippen MR) is 74.9 cm³/mol. The molecule has 104 valence electrons. The van der Waals surface area contributed by atoms with Crippen molar-refractivity contribution < 1.29 is 14.2 Å². The molecule has 0 radical (unpaired) electrons. The van der Waals surface area contributed by atoms with Gasteiger partial charge in [-0.2, -0.15) is 0 Å². The zero-order chi connectivity index (χ0) is 13.3. The molecule has 0 aliphatic carbocycles. The molecular weight excluding hydrogens is 242 g/mol. The molecule has 0 N–H and O–H groups in total. The molecule has 4 heteroatoms. The molecule has 0 atom stereocenters. The topological polar surface area (TPSA) is 30.9 Å². The highest BCUT2D eigenvalue weighted by molar-refractivity contribution is 5.39. The van der Waals surface area contributed by atoms with Gasteiger partial charge in [-0.05, 0) is 12.1 Å². The van der Waals surface area contributed by atoms with Crippen LogP contribution in [0.25, 0.3) is 0 Å². The third kappa shape index (κ3) is 4.58. The van der Waals surface area contributed by atoms with Crippen LogP contribution in [-0.4, -0.2) is 51.5 Å². The van der Waals surface area contributed by atoms with Crippen LogP contribution in [0.2, 0.25) is 0 Å². The molecule has 0 spiro atoms. The maximum atomic E-state index is 5.66. The van der Waals surface area contributed by atoms with Crippen LogP contribution in [-0.2, 0) is 4.74 Å². The van der Waals surface area contributed by atoms with E-state index in [9.17, 15) is 0 Å². The van der Waals surface area contributed by atoms with E-state index in [1.165, 1.54) is 0 Å². The standard InChI is InChI=1S/C15H21NO3/c1-17-14-6-2-3-7-15(14)19-11-5-4-8-16-9-12-18-13-10-16/h2-7H,8-13H2,1H3. The van der Waals surface area contributed by atoms with Gasteiger partial charge in [0.15, 0.2) is 11.5 Å². The molecule has 1 aliphatic rings. The largest absolute Gasteiger partial charge is 0.493 e. The van der Waals surface area contributed by atoms with Crippen molar-refractivity contribution in [2.45, 2.75) is 0 Å². The van der Waals surface area contributed by atoms with Gasteiger partial charge in [0, 0.05) is 19.6 Å². The molecule has 0 unspecified atom stereocenters. The molecule has 1 heterocycles. The fraction of sp³-hybridized carbons (Fsp3) is 0.467. The number of morpholine rings is 1. The van der Waals surface area contributed by atoms with E-state index in [2.05, 4.69) is 11.0 Å². The van der Waals surface area contributed by atoms with Gasteiger partial charge in [-0.1, -0.05) is 24.3 Å². The second kappa shape index (κ2) is 7.81. The van der Waals surface area contributed by atoms with Gasteiger partial charge < -0.3 is 14.2 Å². The van der Waals surface area contributed by atoms with Gasteiger partial charge in [0.2, 0.25) is 0 Å². The van der Waals surface area contributed by atoms with Crippen LogP contribution in [0.5, 0.6) is 11.5 Å². The Labute approximate surface area is 114 Å². The summed E-state index contributed by atoms with van der Waals surface area (Å²) in [6.45, 7) is 5.22. The lowest BCUT2D eigenvalue weighted by Crippen LogP contribution is -2.36. The van der Waals surface area contributed by atoms with Gasteiger partial charge in [-0.3, -0.25) is 4.90 Å². The van der Waals surface area contributed by atoms with Crippen LogP contribution in [0.1, 0.15) is 0 Å². The van der Waals surface area contributed by atoms with E-state index in [4.69, 9.17) is 14.2 Å². The average molecular weight is 263 g/mol. The van der Waals surface area contributed by atoms with Crippen molar-refractivity contribution in [1.29, 1.82) is 0 Å². The Morgan fingerprint density at radius 3 is 2.63 bits per heavy atom. The maximum absolute atomic E-state index is 5.66. The Bertz CT molecular complexity index is 400. The SMILES string of the molecule is COc1ccccc1OCC=CCN1CCOCC1. The fourth-order valence-corrected chi connectivity index (χ4v) is 1.95. The Morgan fingerprint density at radius 1 is 1.16 bits per heavy atom. The summed E-state index contributed by atoms with van der Waals surface area (Å²) in [6.07, 6.45) is 4.18. The predicted octanol–water partition coefficient (Wildman–Crippen LogP) is 1.96. The van der Waals surface area contributed by atoms with E-state index in [0.717, 1.165) is 44.3 Å². The molecule has 4 nitrogen and oxygen atoms in total. The van der Waals surface area contributed by atoms with E-state index < -0.39 is 0 Å². The van der Waals surface area contributed by atoms with Crippen molar-refractivity contribution in [3.63, 3.8) is 0 Å². The first-order chi connectivity index (χ1) is 9.40. The number of benzene rings is 1. The second-order valence-corrected chi connectivity index (χ2v) is 4.35. The van der Waals surface area contributed by atoms with Gasteiger partial charge in [-0.25, -0.2) is 0 Å². The zero-order valence-electron chi connectivity index (χ0n) is 11.4. The van der Waals surface area contributed by atoms with Crippen LogP contribution in [0.15, 0.2) is 36.4 Å². The molecule has 0 saturated carbocycles. The van der Waals surface area contributed by atoms with Gasteiger partial charge in [0.1, 0.15) is 6.61 Å². The summed E-state index contributed by atoms with van der Waals surface area (Å²) < 4.78 is 16.2. The lowest BCUT2D eigenvalue weighted by molar-refractivity contribution is 0.0434. The Hall–Kier alpha value is -1.52. The van der Waals surface area contributed by atoms with Crippen LogP contribution in [0.3, 0.4) is 0 Å². The molecule has 0 amide bonds. The van der Waals surface area contributed by atoms with Crippen molar-refractivity contribution in [2.75, 3.05) is 46.6 Å². The lowest BCUT2D eigenvalue weighted by Gasteiger charge is -2.25. The number of hydrogen-bond acceptors (Lipinski definition) is 4. The lowest BCUT2D eigenvalue weighted by atomic mass is 10.3. The van der Waals surface area contributed by atoms with Crippen molar-refractivity contribution in [1.82, 2.24) is 4.90 Å². The molecule has 1 fully saturated rings. The van der Waals surface area contributed by atoms with Crippen molar-refractivity contribution >= 4 is 0 Å².